The van der Waals surface area contributed by atoms with Gasteiger partial charge in [0.2, 0.25) is 5.91 Å². The first-order chi connectivity index (χ1) is 8.02. The van der Waals surface area contributed by atoms with Crippen LogP contribution < -0.4 is 5.32 Å². The lowest BCUT2D eigenvalue weighted by molar-refractivity contribution is -0.113. The quantitative estimate of drug-likeness (QED) is 0.852. The molecule has 1 rings (SSSR count). The van der Waals surface area contributed by atoms with Crippen LogP contribution in [0.25, 0.3) is 0 Å². The second kappa shape index (κ2) is 6.56. The number of hydrogen-bond donors (Lipinski definition) is 2. The zero-order valence-corrected chi connectivity index (χ0v) is 10.1. The van der Waals surface area contributed by atoms with E-state index in [1.807, 2.05) is 0 Å². The molecule has 1 aromatic rings. The fraction of sp³-hybridized carbons (Fsp3) is 0.364. The van der Waals surface area contributed by atoms with Crippen molar-refractivity contribution in [3.63, 3.8) is 0 Å². The minimum atomic E-state index is -0.681. The number of thioether (sulfide) groups is 1. The van der Waals surface area contributed by atoms with Crippen LogP contribution >= 0.6 is 11.8 Å². The summed E-state index contributed by atoms with van der Waals surface area (Å²) >= 11 is 1.24. The predicted octanol–water partition coefficient (Wildman–Crippen LogP) is 2.02. The number of nitrogens with one attached hydrogen (secondary N) is 1. The normalized spacial score (nSPS) is 12.2. The average molecular weight is 261 g/mol. The van der Waals surface area contributed by atoms with Crippen LogP contribution in [0.5, 0.6) is 0 Å². The summed E-state index contributed by atoms with van der Waals surface area (Å²) in [4.78, 5) is 11.4. The number of carbonyl (C=O) groups excluding carboxylic acids is 1. The second-order valence-electron chi connectivity index (χ2n) is 3.48. The van der Waals surface area contributed by atoms with Gasteiger partial charge in [-0.15, -0.1) is 11.8 Å². The highest BCUT2D eigenvalue weighted by Gasteiger charge is 2.10. The van der Waals surface area contributed by atoms with Gasteiger partial charge in [-0.1, -0.05) is 6.92 Å². The Morgan fingerprint density at radius 2 is 2.24 bits per heavy atom. The molecule has 0 bridgehead atoms. The molecule has 0 saturated heterocycles. The minimum absolute atomic E-state index is 0.0354. The molecular formula is C11H13F2NO2S. The molecule has 0 saturated carbocycles. The summed E-state index contributed by atoms with van der Waals surface area (Å²) in [5.74, 6) is -1.64. The van der Waals surface area contributed by atoms with Crippen LogP contribution in [0.4, 0.5) is 14.5 Å². The van der Waals surface area contributed by atoms with Crippen molar-refractivity contribution in [3.05, 3.63) is 29.8 Å². The molecule has 1 unspecified atom stereocenters. The summed E-state index contributed by atoms with van der Waals surface area (Å²) in [5, 5.41) is 11.0. The Balaban J connectivity index is 2.53. The molecule has 0 aromatic heterocycles. The summed E-state index contributed by atoms with van der Waals surface area (Å²) in [7, 11) is 0. The molecule has 0 radical (unpaired) electrons. The zero-order valence-electron chi connectivity index (χ0n) is 9.24. The van der Waals surface area contributed by atoms with Crippen LogP contribution in [0.3, 0.4) is 0 Å². The van der Waals surface area contributed by atoms with Crippen molar-refractivity contribution < 1.29 is 18.7 Å². The maximum Gasteiger partial charge on any atom is 0.234 e. The molecule has 1 atom stereocenters. The lowest BCUT2D eigenvalue weighted by Crippen LogP contribution is -2.17. The highest BCUT2D eigenvalue weighted by Crippen LogP contribution is 2.16. The smallest absolute Gasteiger partial charge is 0.234 e. The third-order valence-electron chi connectivity index (χ3n) is 1.96. The third kappa shape index (κ3) is 4.70. The van der Waals surface area contributed by atoms with Crippen LogP contribution in [0.15, 0.2) is 18.2 Å². The van der Waals surface area contributed by atoms with E-state index in [-0.39, 0.29) is 23.3 Å². The van der Waals surface area contributed by atoms with Crippen LogP contribution in [0, 0.1) is 11.6 Å². The number of anilines is 1. The molecule has 1 aromatic carbocycles. The minimum Gasteiger partial charge on any atom is -0.395 e. The second-order valence-corrected chi connectivity index (χ2v) is 4.90. The molecule has 6 heteroatoms. The lowest BCUT2D eigenvalue weighted by Gasteiger charge is -2.09. The fourth-order valence-electron chi connectivity index (χ4n) is 1.05. The van der Waals surface area contributed by atoms with E-state index >= 15 is 0 Å². The number of aliphatic hydroxyl groups is 1. The first-order valence-electron chi connectivity index (χ1n) is 5.00. The lowest BCUT2D eigenvalue weighted by atomic mass is 10.3. The Kier molecular flexibility index (Phi) is 5.37. The standard InChI is InChI=1S/C11H13F2NO2S/c1-7(5-15)17-6-11(16)14-10-4-8(12)2-3-9(10)13/h2-4,7,15H,5-6H2,1H3,(H,14,16). The van der Waals surface area contributed by atoms with E-state index in [1.54, 1.807) is 6.92 Å². The number of benzene rings is 1. The highest BCUT2D eigenvalue weighted by molar-refractivity contribution is 8.00. The first-order valence-corrected chi connectivity index (χ1v) is 6.05. The molecule has 0 aliphatic rings. The van der Waals surface area contributed by atoms with Crippen molar-refractivity contribution in [2.75, 3.05) is 17.7 Å². The Bertz CT molecular complexity index is 401. The van der Waals surface area contributed by atoms with Gasteiger partial charge in [0, 0.05) is 11.3 Å². The summed E-state index contributed by atoms with van der Waals surface area (Å²) in [5.41, 5.74) is -0.174. The summed E-state index contributed by atoms with van der Waals surface area (Å²) in [6.45, 7) is 1.73. The van der Waals surface area contributed by atoms with E-state index in [1.165, 1.54) is 11.8 Å². The van der Waals surface area contributed by atoms with Gasteiger partial charge in [0.1, 0.15) is 11.6 Å². The van der Waals surface area contributed by atoms with E-state index in [9.17, 15) is 13.6 Å². The van der Waals surface area contributed by atoms with Crippen molar-refractivity contribution in [2.24, 2.45) is 0 Å². The Hall–Kier alpha value is -1.14. The van der Waals surface area contributed by atoms with Gasteiger partial charge in [-0.05, 0) is 12.1 Å². The number of amides is 1. The van der Waals surface area contributed by atoms with Crippen molar-refractivity contribution in [1.82, 2.24) is 0 Å². The van der Waals surface area contributed by atoms with E-state index in [0.717, 1.165) is 18.2 Å². The maximum atomic E-state index is 13.2. The van der Waals surface area contributed by atoms with Gasteiger partial charge in [0.25, 0.3) is 0 Å². The van der Waals surface area contributed by atoms with Crippen molar-refractivity contribution in [2.45, 2.75) is 12.2 Å². The first kappa shape index (κ1) is 13.9. The van der Waals surface area contributed by atoms with Gasteiger partial charge >= 0.3 is 0 Å². The maximum absolute atomic E-state index is 13.2. The van der Waals surface area contributed by atoms with E-state index < -0.39 is 17.5 Å². The number of aliphatic hydroxyl groups excluding tert-OH is 1. The monoisotopic (exact) mass is 261 g/mol. The Morgan fingerprint density at radius 1 is 1.53 bits per heavy atom. The predicted molar refractivity (Wildman–Crippen MR) is 64.0 cm³/mol. The third-order valence-corrected chi connectivity index (χ3v) is 3.11. The van der Waals surface area contributed by atoms with Gasteiger partial charge in [-0.25, -0.2) is 8.78 Å². The van der Waals surface area contributed by atoms with Gasteiger partial charge in [0.15, 0.2) is 0 Å². The van der Waals surface area contributed by atoms with Gasteiger partial charge in [-0.2, -0.15) is 0 Å². The molecule has 0 spiro atoms. The molecule has 0 fully saturated rings. The largest absolute Gasteiger partial charge is 0.395 e. The summed E-state index contributed by atoms with van der Waals surface area (Å²) < 4.78 is 26.0. The fourth-order valence-corrected chi connectivity index (χ4v) is 1.66. The van der Waals surface area contributed by atoms with Crippen molar-refractivity contribution in [1.29, 1.82) is 0 Å². The van der Waals surface area contributed by atoms with Crippen molar-refractivity contribution >= 4 is 23.4 Å². The molecule has 2 N–H and O–H groups in total. The van der Waals surface area contributed by atoms with Gasteiger partial charge in [-0.3, -0.25) is 4.79 Å². The molecule has 0 heterocycles. The number of halogens is 2. The molecule has 17 heavy (non-hydrogen) atoms. The van der Waals surface area contributed by atoms with E-state index in [4.69, 9.17) is 5.11 Å². The van der Waals surface area contributed by atoms with Gasteiger partial charge < -0.3 is 10.4 Å². The SMILES string of the molecule is CC(CO)SCC(=O)Nc1cc(F)ccc1F. The Morgan fingerprint density at radius 3 is 2.88 bits per heavy atom. The number of hydrogen-bond acceptors (Lipinski definition) is 3. The Labute approximate surface area is 102 Å². The molecule has 94 valence electrons. The average Bonchev–Trinajstić information content (AvgIpc) is 2.30. The molecule has 1 amide bonds. The highest BCUT2D eigenvalue weighted by atomic mass is 32.2. The van der Waals surface area contributed by atoms with E-state index in [0.29, 0.717) is 0 Å². The van der Waals surface area contributed by atoms with Crippen LogP contribution in [-0.2, 0) is 4.79 Å². The van der Waals surface area contributed by atoms with Gasteiger partial charge in [0.05, 0.1) is 18.0 Å². The number of rotatable bonds is 5. The number of carbonyl (C=O) groups is 1. The molecule has 0 aliphatic heterocycles. The van der Waals surface area contributed by atoms with Crippen LogP contribution in [0.2, 0.25) is 0 Å². The summed E-state index contributed by atoms with van der Waals surface area (Å²) in [6.07, 6.45) is 0. The molecule has 0 aliphatic carbocycles. The molecule has 3 nitrogen and oxygen atoms in total. The molecular weight excluding hydrogens is 248 g/mol. The zero-order chi connectivity index (χ0) is 12.8. The van der Waals surface area contributed by atoms with E-state index in [2.05, 4.69) is 5.32 Å². The van der Waals surface area contributed by atoms with Crippen LogP contribution in [0.1, 0.15) is 6.92 Å². The summed E-state index contributed by atoms with van der Waals surface area (Å²) in [6, 6.07) is 2.86. The van der Waals surface area contributed by atoms with Crippen molar-refractivity contribution in [3.8, 4) is 0 Å². The van der Waals surface area contributed by atoms with Crippen LogP contribution in [-0.4, -0.2) is 28.6 Å². The topological polar surface area (TPSA) is 49.3 Å².